The molecule has 0 heterocycles. The fourth-order valence-electron chi connectivity index (χ4n) is 1.36. The zero-order valence-corrected chi connectivity index (χ0v) is 9.82. The second-order valence-corrected chi connectivity index (χ2v) is 3.65. The number of hydrogen-bond donors (Lipinski definition) is 3. The smallest absolute Gasteiger partial charge is 0.248 e. The molecule has 0 aliphatic heterocycles. The van der Waals surface area contributed by atoms with Crippen LogP contribution in [0.3, 0.4) is 0 Å². The summed E-state index contributed by atoms with van der Waals surface area (Å²) in [5, 5.41) is 5.72. The van der Waals surface area contributed by atoms with Crippen LogP contribution in [0.5, 0.6) is 0 Å². The molecular formula is C12H17N3O2. The lowest BCUT2D eigenvalue weighted by Gasteiger charge is -2.06. The molecular weight excluding hydrogens is 218 g/mol. The van der Waals surface area contributed by atoms with E-state index < -0.39 is 5.91 Å². The van der Waals surface area contributed by atoms with Gasteiger partial charge in [0.25, 0.3) is 0 Å². The lowest BCUT2D eigenvalue weighted by molar-refractivity contribution is -0.120. The number of rotatable bonds is 6. The van der Waals surface area contributed by atoms with E-state index in [9.17, 15) is 9.59 Å². The monoisotopic (exact) mass is 235 g/mol. The predicted octanol–water partition coefficient (Wildman–Crippen LogP) is 0.724. The van der Waals surface area contributed by atoms with E-state index in [4.69, 9.17) is 5.73 Å². The zero-order chi connectivity index (χ0) is 12.7. The van der Waals surface area contributed by atoms with Crippen LogP contribution in [0, 0.1) is 0 Å². The molecule has 0 spiro atoms. The number of benzene rings is 1. The molecule has 4 N–H and O–H groups in total. The third kappa shape index (κ3) is 4.55. The van der Waals surface area contributed by atoms with Crippen molar-refractivity contribution in [2.45, 2.75) is 12.8 Å². The Hall–Kier alpha value is -2.04. The fourth-order valence-corrected chi connectivity index (χ4v) is 1.36. The molecule has 17 heavy (non-hydrogen) atoms. The lowest BCUT2D eigenvalue weighted by atomic mass is 10.2. The molecule has 1 aromatic carbocycles. The Balaban J connectivity index is 2.32. The fraction of sp³-hybridized carbons (Fsp3) is 0.333. The first-order chi connectivity index (χ1) is 8.13. The molecule has 92 valence electrons. The molecule has 0 saturated carbocycles. The topological polar surface area (TPSA) is 84.2 Å². The minimum Gasteiger partial charge on any atom is -0.385 e. The van der Waals surface area contributed by atoms with Crippen LogP contribution in [0.2, 0.25) is 0 Å². The summed E-state index contributed by atoms with van der Waals surface area (Å²) in [6, 6.07) is 6.92. The largest absolute Gasteiger partial charge is 0.385 e. The minimum atomic E-state index is -0.434. The van der Waals surface area contributed by atoms with Gasteiger partial charge >= 0.3 is 0 Å². The van der Waals surface area contributed by atoms with E-state index in [0.29, 0.717) is 18.5 Å². The molecule has 0 aromatic heterocycles. The standard InChI is InChI=1S/C12H17N3O2/c1-14-11(16)3-2-8-15-10-6-4-9(5-7-10)12(13)17/h4-7,15H,2-3,8H2,1H3,(H2,13,17)(H,14,16). The lowest BCUT2D eigenvalue weighted by Crippen LogP contribution is -2.18. The molecule has 0 fully saturated rings. The number of primary amides is 1. The van der Waals surface area contributed by atoms with Crippen molar-refractivity contribution in [1.29, 1.82) is 0 Å². The predicted molar refractivity (Wildman–Crippen MR) is 66.8 cm³/mol. The first kappa shape index (κ1) is 13.0. The van der Waals surface area contributed by atoms with Crippen molar-refractivity contribution < 1.29 is 9.59 Å². The van der Waals surface area contributed by atoms with Gasteiger partial charge in [0.15, 0.2) is 0 Å². The molecule has 0 saturated heterocycles. The summed E-state index contributed by atoms with van der Waals surface area (Å²) >= 11 is 0. The van der Waals surface area contributed by atoms with Crippen molar-refractivity contribution in [1.82, 2.24) is 5.32 Å². The summed E-state index contributed by atoms with van der Waals surface area (Å²) in [6.07, 6.45) is 1.26. The van der Waals surface area contributed by atoms with Gasteiger partial charge < -0.3 is 16.4 Å². The van der Waals surface area contributed by atoms with Crippen LogP contribution in [0.1, 0.15) is 23.2 Å². The van der Waals surface area contributed by atoms with Crippen molar-refractivity contribution in [2.75, 3.05) is 18.9 Å². The average Bonchev–Trinajstić information content (AvgIpc) is 2.34. The van der Waals surface area contributed by atoms with E-state index >= 15 is 0 Å². The van der Waals surface area contributed by atoms with E-state index in [1.807, 2.05) is 0 Å². The van der Waals surface area contributed by atoms with Gasteiger partial charge in [0.05, 0.1) is 0 Å². The third-order valence-electron chi connectivity index (χ3n) is 2.36. The summed E-state index contributed by atoms with van der Waals surface area (Å²) in [7, 11) is 1.62. The van der Waals surface area contributed by atoms with Crippen LogP contribution < -0.4 is 16.4 Å². The summed E-state index contributed by atoms with van der Waals surface area (Å²) < 4.78 is 0. The Morgan fingerprint density at radius 3 is 2.41 bits per heavy atom. The van der Waals surface area contributed by atoms with Gasteiger partial charge in [-0.05, 0) is 30.7 Å². The highest BCUT2D eigenvalue weighted by atomic mass is 16.1. The Morgan fingerprint density at radius 1 is 1.24 bits per heavy atom. The van der Waals surface area contributed by atoms with E-state index in [0.717, 1.165) is 12.1 Å². The maximum Gasteiger partial charge on any atom is 0.248 e. The van der Waals surface area contributed by atoms with Gasteiger partial charge in [0.1, 0.15) is 0 Å². The quantitative estimate of drug-likeness (QED) is 0.635. The number of amides is 2. The van der Waals surface area contributed by atoms with Gasteiger partial charge in [-0.3, -0.25) is 9.59 Å². The second-order valence-electron chi connectivity index (χ2n) is 3.65. The first-order valence-electron chi connectivity index (χ1n) is 5.48. The maximum atomic E-state index is 11.0. The van der Waals surface area contributed by atoms with Crippen LogP contribution in [0.15, 0.2) is 24.3 Å². The number of nitrogens with two attached hydrogens (primary N) is 1. The summed E-state index contributed by atoms with van der Waals surface area (Å²) in [5.74, 6) is -0.396. The van der Waals surface area contributed by atoms with Crippen LogP contribution in [-0.2, 0) is 4.79 Å². The minimum absolute atomic E-state index is 0.0378. The zero-order valence-electron chi connectivity index (χ0n) is 9.82. The van der Waals surface area contributed by atoms with E-state index in [1.54, 1.807) is 31.3 Å². The van der Waals surface area contributed by atoms with Crippen molar-refractivity contribution >= 4 is 17.5 Å². The number of hydrogen-bond acceptors (Lipinski definition) is 3. The van der Waals surface area contributed by atoms with Crippen molar-refractivity contribution in [3.8, 4) is 0 Å². The van der Waals surface area contributed by atoms with Gasteiger partial charge in [0.2, 0.25) is 11.8 Å². The van der Waals surface area contributed by atoms with Crippen LogP contribution in [-0.4, -0.2) is 25.4 Å². The molecule has 0 unspecified atom stereocenters. The second kappa shape index (κ2) is 6.52. The van der Waals surface area contributed by atoms with Gasteiger partial charge in [-0.2, -0.15) is 0 Å². The van der Waals surface area contributed by atoms with Crippen molar-refractivity contribution in [3.63, 3.8) is 0 Å². The van der Waals surface area contributed by atoms with Crippen molar-refractivity contribution in [3.05, 3.63) is 29.8 Å². The molecule has 0 aliphatic carbocycles. The van der Waals surface area contributed by atoms with Crippen LogP contribution in [0.25, 0.3) is 0 Å². The number of nitrogens with one attached hydrogen (secondary N) is 2. The first-order valence-corrected chi connectivity index (χ1v) is 5.48. The van der Waals surface area contributed by atoms with Gasteiger partial charge in [-0.15, -0.1) is 0 Å². The normalized spacial score (nSPS) is 9.71. The molecule has 0 atom stereocenters. The molecule has 2 amide bonds. The highest BCUT2D eigenvalue weighted by molar-refractivity contribution is 5.93. The summed E-state index contributed by atoms with van der Waals surface area (Å²) in [6.45, 7) is 0.712. The molecule has 0 bridgehead atoms. The van der Waals surface area contributed by atoms with E-state index in [1.165, 1.54) is 0 Å². The third-order valence-corrected chi connectivity index (χ3v) is 2.36. The number of carbonyl (C=O) groups is 2. The molecule has 1 rings (SSSR count). The Bertz CT molecular complexity index is 387. The molecule has 0 radical (unpaired) electrons. The average molecular weight is 235 g/mol. The molecule has 5 heteroatoms. The molecule has 5 nitrogen and oxygen atoms in total. The van der Waals surface area contributed by atoms with Crippen LogP contribution >= 0.6 is 0 Å². The van der Waals surface area contributed by atoms with E-state index in [2.05, 4.69) is 10.6 Å². The number of carbonyl (C=O) groups excluding carboxylic acids is 2. The van der Waals surface area contributed by atoms with Gasteiger partial charge in [-0.25, -0.2) is 0 Å². The van der Waals surface area contributed by atoms with Crippen molar-refractivity contribution in [2.24, 2.45) is 5.73 Å². The van der Waals surface area contributed by atoms with Gasteiger partial charge in [0, 0.05) is 31.3 Å². The summed E-state index contributed by atoms with van der Waals surface area (Å²) in [5.41, 5.74) is 6.53. The SMILES string of the molecule is CNC(=O)CCCNc1ccc(C(N)=O)cc1. The highest BCUT2D eigenvalue weighted by Crippen LogP contribution is 2.09. The maximum absolute atomic E-state index is 11.0. The van der Waals surface area contributed by atoms with Crippen LogP contribution in [0.4, 0.5) is 5.69 Å². The van der Waals surface area contributed by atoms with E-state index in [-0.39, 0.29) is 5.91 Å². The molecule has 0 aliphatic rings. The highest BCUT2D eigenvalue weighted by Gasteiger charge is 2.00. The van der Waals surface area contributed by atoms with Gasteiger partial charge in [-0.1, -0.05) is 0 Å². The number of anilines is 1. The Labute approximate surface area is 100 Å². The molecule has 1 aromatic rings. The Morgan fingerprint density at radius 2 is 1.88 bits per heavy atom. The Kier molecular flexibility index (Phi) is 5.00. The summed E-state index contributed by atoms with van der Waals surface area (Å²) in [4.78, 5) is 21.8.